The standard InChI is InChI=1S/C37H24Cl2O4P2/c38-26-17-19-32(40-44-36-15-7-3-11-30(36)28-9-1-5-13-34(28)42-44)24(22-26)21-25-23-27(39)18-20-33(25)41-45-37-16-8-4-12-31(37)29-10-2-6-14-35(29)43-45/h1-20,22-23H,21H2. The van der Waals surface area contributed by atoms with Crippen LogP contribution >= 0.6 is 40.0 Å². The molecular weight excluding hydrogens is 641 g/mol. The summed E-state index contributed by atoms with van der Waals surface area (Å²) in [5, 5.41) is 3.26. The lowest BCUT2D eigenvalue weighted by Gasteiger charge is -2.28. The molecule has 6 aromatic carbocycles. The Morgan fingerprint density at radius 3 is 1.33 bits per heavy atom. The largest absolute Gasteiger partial charge is 0.435 e. The van der Waals surface area contributed by atoms with E-state index in [1.165, 1.54) is 0 Å². The Balaban J connectivity index is 1.12. The molecule has 0 radical (unpaired) electrons. The van der Waals surface area contributed by atoms with Crippen LogP contribution in [0.15, 0.2) is 133 Å². The fraction of sp³-hybridized carbons (Fsp3) is 0.0270. The van der Waals surface area contributed by atoms with Gasteiger partial charge in [0.15, 0.2) is 0 Å². The zero-order valence-corrected chi connectivity index (χ0v) is 27.0. The Kier molecular flexibility index (Phi) is 7.61. The van der Waals surface area contributed by atoms with Gasteiger partial charge >= 0.3 is 16.8 Å². The quantitative estimate of drug-likeness (QED) is 0.166. The lowest BCUT2D eigenvalue weighted by Crippen LogP contribution is -2.18. The monoisotopic (exact) mass is 664 g/mol. The Labute approximate surface area is 273 Å². The molecule has 0 saturated heterocycles. The predicted octanol–water partition coefficient (Wildman–Crippen LogP) is 10.7. The molecule has 2 heterocycles. The van der Waals surface area contributed by atoms with Gasteiger partial charge in [-0.1, -0.05) is 96.0 Å². The number of halogens is 2. The van der Waals surface area contributed by atoms with Crippen molar-refractivity contribution in [2.45, 2.75) is 6.42 Å². The van der Waals surface area contributed by atoms with E-state index in [1.54, 1.807) is 0 Å². The van der Waals surface area contributed by atoms with E-state index < -0.39 is 16.8 Å². The van der Waals surface area contributed by atoms with Gasteiger partial charge in [0.05, 0.1) is 10.6 Å². The highest BCUT2D eigenvalue weighted by Crippen LogP contribution is 2.52. The number of benzene rings is 6. The van der Waals surface area contributed by atoms with E-state index in [-0.39, 0.29) is 0 Å². The van der Waals surface area contributed by atoms with Crippen LogP contribution in [-0.2, 0) is 6.42 Å². The molecule has 0 fully saturated rings. The van der Waals surface area contributed by atoms with Crippen LogP contribution in [0.4, 0.5) is 0 Å². The summed E-state index contributed by atoms with van der Waals surface area (Å²) in [6.45, 7) is 0. The van der Waals surface area contributed by atoms with Gasteiger partial charge in [-0.25, -0.2) is 0 Å². The Morgan fingerprint density at radius 1 is 0.467 bits per heavy atom. The molecule has 2 aliphatic rings. The first-order chi connectivity index (χ1) is 22.1. The first kappa shape index (κ1) is 28.4. The number of para-hydroxylation sites is 2. The predicted molar refractivity (Wildman–Crippen MR) is 185 cm³/mol. The molecule has 8 heteroatoms. The lowest BCUT2D eigenvalue weighted by atomic mass is 10.0. The van der Waals surface area contributed by atoms with Gasteiger partial charge in [-0.2, -0.15) is 0 Å². The van der Waals surface area contributed by atoms with Crippen LogP contribution in [0.1, 0.15) is 11.1 Å². The van der Waals surface area contributed by atoms with Gasteiger partial charge in [0.1, 0.15) is 23.0 Å². The molecule has 2 aliphatic heterocycles. The van der Waals surface area contributed by atoms with Crippen molar-refractivity contribution in [3.63, 3.8) is 0 Å². The van der Waals surface area contributed by atoms with Crippen molar-refractivity contribution in [3.05, 3.63) is 155 Å². The smallest absolute Gasteiger partial charge is 0.326 e. The summed E-state index contributed by atoms with van der Waals surface area (Å²) in [7, 11) is -2.90. The molecule has 2 atom stereocenters. The molecule has 0 N–H and O–H groups in total. The molecule has 2 unspecified atom stereocenters. The summed E-state index contributed by atoms with van der Waals surface area (Å²) < 4.78 is 26.3. The van der Waals surface area contributed by atoms with Crippen molar-refractivity contribution in [1.82, 2.24) is 0 Å². The number of rotatable bonds is 6. The molecule has 0 amide bonds. The highest BCUT2D eigenvalue weighted by molar-refractivity contribution is 7.57. The minimum Gasteiger partial charge on any atom is -0.435 e. The van der Waals surface area contributed by atoms with E-state index in [1.807, 2.05) is 97.1 Å². The van der Waals surface area contributed by atoms with Gasteiger partial charge in [-0.05, 0) is 71.8 Å². The minimum atomic E-state index is -1.45. The molecule has 0 aliphatic carbocycles. The summed E-state index contributed by atoms with van der Waals surface area (Å²) in [5.41, 5.74) is 6.12. The second-order valence-corrected chi connectivity index (χ2v) is 14.2. The topological polar surface area (TPSA) is 36.9 Å². The number of fused-ring (bicyclic) bond motifs is 6. The lowest BCUT2D eigenvalue weighted by molar-refractivity contribution is 0.494. The fourth-order valence-corrected chi connectivity index (χ4v) is 9.05. The summed E-state index contributed by atoms with van der Waals surface area (Å²) in [4.78, 5) is 0. The SMILES string of the molecule is Clc1ccc(OP2Oc3ccccc3-c3ccccc32)c(Cc2cc(Cl)ccc2OP2Oc3ccccc3-c3ccccc32)c1. The van der Waals surface area contributed by atoms with Crippen LogP contribution < -0.4 is 28.7 Å². The maximum absolute atomic E-state index is 6.69. The average molecular weight is 665 g/mol. The van der Waals surface area contributed by atoms with E-state index in [4.69, 9.17) is 41.3 Å². The Morgan fingerprint density at radius 2 is 0.867 bits per heavy atom. The van der Waals surface area contributed by atoms with Crippen molar-refractivity contribution in [1.29, 1.82) is 0 Å². The average Bonchev–Trinajstić information content (AvgIpc) is 3.07. The number of hydrogen-bond acceptors (Lipinski definition) is 4. The van der Waals surface area contributed by atoms with Gasteiger partial charge in [0.2, 0.25) is 0 Å². The van der Waals surface area contributed by atoms with Crippen molar-refractivity contribution >= 4 is 50.6 Å². The van der Waals surface area contributed by atoms with Gasteiger partial charge in [-0.3, -0.25) is 0 Å². The first-order valence-corrected chi connectivity index (χ1v) is 17.5. The molecule has 0 aromatic heterocycles. The van der Waals surface area contributed by atoms with Crippen LogP contribution in [0.25, 0.3) is 22.3 Å². The van der Waals surface area contributed by atoms with Crippen LogP contribution in [0, 0.1) is 0 Å². The molecule has 0 spiro atoms. The highest BCUT2D eigenvalue weighted by atomic mass is 35.5. The molecular formula is C37H24Cl2O4P2. The van der Waals surface area contributed by atoms with Crippen LogP contribution in [0.5, 0.6) is 23.0 Å². The molecule has 6 aromatic rings. The van der Waals surface area contributed by atoms with Crippen molar-refractivity contribution < 1.29 is 18.1 Å². The van der Waals surface area contributed by atoms with E-state index >= 15 is 0 Å². The normalized spacial score (nSPS) is 15.8. The van der Waals surface area contributed by atoms with Crippen LogP contribution in [0.2, 0.25) is 10.0 Å². The van der Waals surface area contributed by atoms with Crippen LogP contribution in [0.3, 0.4) is 0 Å². The second kappa shape index (κ2) is 12.0. The zero-order valence-electron chi connectivity index (χ0n) is 23.7. The molecule has 45 heavy (non-hydrogen) atoms. The number of hydrogen-bond donors (Lipinski definition) is 0. The Hall–Kier alpha value is -4.04. The maximum atomic E-state index is 6.69. The van der Waals surface area contributed by atoms with E-state index in [9.17, 15) is 0 Å². The third kappa shape index (κ3) is 5.54. The highest BCUT2D eigenvalue weighted by Gasteiger charge is 2.31. The van der Waals surface area contributed by atoms with Gasteiger partial charge in [0, 0.05) is 38.7 Å². The third-order valence-corrected chi connectivity index (χ3v) is 11.2. The van der Waals surface area contributed by atoms with Gasteiger partial charge in [0.25, 0.3) is 0 Å². The summed E-state index contributed by atoms with van der Waals surface area (Å²) in [5.74, 6) is 2.98. The van der Waals surface area contributed by atoms with E-state index in [0.717, 1.165) is 55.5 Å². The molecule has 0 bridgehead atoms. The summed E-state index contributed by atoms with van der Waals surface area (Å²) in [6, 6.07) is 43.9. The molecule has 0 saturated carbocycles. The maximum Gasteiger partial charge on any atom is 0.326 e. The van der Waals surface area contributed by atoms with E-state index in [0.29, 0.717) is 28.0 Å². The second-order valence-electron chi connectivity index (χ2n) is 10.6. The molecule has 8 rings (SSSR count). The first-order valence-electron chi connectivity index (χ1n) is 14.4. The third-order valence-electron chi connectivity index (χ3n) is 7.71. The summed E-state index contributed by atoms with van der Waals surface area (Å²) >= 11 is 13.1. The molecule has 220 valence electrons. The van der Waals surface area contributed by atoms with Crippen LogP contribution in [-0.4, -0.2) is 0 Å². The van der Waals surface area contributed by atoms with Crippen molar-refractivity contribution in [2.24, 2.45) is 0 Å². The zero-order chi connectivity index (χ0) is 30.3. The molecule has 4 nitrogen and oxygen atoms in total. The Bertz CT molecular complexity index is 1920. The van der Waals surface area contributed by atoms with Gasteiger partial charge in [-0.15, -0.1) is 0 Å². The fourth-order valence-electron chi connectivity index (χ4n) is 5.61. The van der Waals surface area contributed by atoms with E-state index in [2.05, 4.69) is 36.4 Å². The summed E-state index contributed by atoms with van der Waals surface area (Å²) in [6.07, 6.45) is 0.467. The van der Waals surface area contributed by atoms with Crippen molar-refractivity contribution in [2.75, 3.05) is 0 Å². The minimum absolute atomic E-state index is 0.467. The van der Waals surface area contributed by atoms with Crippen molar-refractivity contribution in [3.8, 4) is 45.3 Å². The van der Waals surface area contributed by atoms with Gasteiger partial charge < -0.3 is 18.1 Å².